The molecule has 2 aliphatic carbocycles. The van der Waals surface area contributed by atoms with Crippen molar-refractivity contribution in [3.8, 4) is 0 Å². The number of alkyl halides is 4. The highest BCUT2D eigenvalue weighted by Gasteiger charge is 2.39. The second-order valence-electron chi connectivity index (χ2n) is 6.01. The predicted octanol–water partition coefficient (Wildman–Crippen LogP) is 3.79. The molecule has 1 amide bonds. The van der Waals surface area contributed by atoms with Crippen LogP contribution in [0.15, 0.2) is 22.8 Å². The summed E-state index contributed by atoms with van der Waals surface area (Å²) in [5.41, 5.74) is -0.0480. The van der Waals surface area contributed by atoms with Gasteiger partial charge in [0.1, 0.15) is 0 Å². The van der Waals surface area contributed by atoms with Gasteiger partial charge in [-0.3, -0.25) is 4.79 Å². The van der Waals surface area contributed by atoms with Gasteiger partial charge in [0, 0.05) is 24.6 Å². The van der Waals surface area contributed by atoms with E-state index in [2.05, 4.69) is 0 Å². The third kappa shape index (κ3) is 3.66. The van der Waals surface area contributed by atoms with Crippen molar-refractivity contribution in [2.24, 2.45) is 5.92 Å². The lowest BCUT2D eigenvalue weighted by atomic mass is 9.82. The quantitative estimate of drug-likeness (QED) is 0.540. The Balaban J connectivity index is 2.36. The zero-order chi connectivity index (χ0) is 15.8. The zero-order valence-electron chi connectivity index (χ0n) is 12.1. The first-order valence-corrected chi connectivity index (χ1v) is 7.07. The lowest BCUT2D eigenvalue weighted by molar-refractivity contribution is -0.118. The van der Waals surface area contributed by atoms with Crippen LogP contribution in [0.4, 0.5) is 17.6 Å². The van der Waals surface area contributed by atoms with E-state index in [-0.39, 0.29) is 29.7 Å². The normalized spacial score (nSPS) is 21.8. The van der Waals surface area contributed by atoms with Crippen molar-refractivity contribution in [2.45, 2.75) is 51.5 Å². The van der Waals surface area contributed by atoms with Gasteiger partial charge in [-0.05, 0) is 36.0 Å². The summed E-state index contributed by atoms with van der Waals surface area (Å²) in [6.07, 6.45) is -0.789. The summed E-state index contributed by atoms with van der Waals surface area (Å²) in [7, 11) is 0. The third-order valence-electron chi connectivity index (χ3n) is 3.85. The summed E-state index contributed by atoms with van der Waals surface area (Å²) in [6, 6.07) is 0.0577. The molecule has 6 heteroatoms. The minimum Gasteiger partial charge on any atom is -0.338 e. The zero-order valence-corrected chi connectivity index (χ0v) is 12.1. The summed E-state index contributed by atoms with van der Waals surface area (Å²) in [6.45, 7) is 3.39. The van der Waals surface area contributed by atoms with E-state index >= 15 is 0 Å². The summed E-state index contributed by atoms with van der Waals surface area (Å²) in [5, 5.41) is 0. The molecular formula is C15H19F4NO. The van der Waals surface area contributed by atoms with Gasteiger partial charge in [0.15, 0.2) is 0 Å². The summed E-state index contributed by atoms with van der Waals surface area (Å²) in [5.74, 6) is -3.57. The highest BCUT2D eigenvalue weighted by molar-refractivity contribution is 5.52. The molecular weight excluding hydrogens is 286 g/mol. The minimum absolute atomic E-state index is 0.0203. The number of hydrogen-bond acceptors (Lipinski definition) is 1. The van der Waals surface area contributed by atoms with E-state index in [1.165, 1.54) is 4.90 Å². The number of carbonyl (C=O) groups excluding carboxylic acids is 1. The van der Waals surface area contributed by atoms with Crippen LogP contribution in [0.5, 0.6) is 0 Å². The van der Waals surface area contributed by atoms with Gasteiger partial charge in [0.25, 0.3) is 12.3 Å². The molecule has 2 nitrogen and oxygen atoms in total. The number of carbonyl (C=O) groups is 1. The highest BCUT2D eigenvalue weighted by Crippen LogP contribution is 2.41. The van der Waals surface area contributed by atoms with Crippen LogP contribution in [0.3, 0.4) is 0 Å². The number of amides is 1. The SMILES string of the molecule is CC(C)C1=C(C(F)F)CC(F)(F)C=C1CN(C=O)C1CC1. The summed E-state index contributed by atoms with van der Waals surface area (Å²) < 4.78 is 53.7. The van der Waals surface area contributed by atoms with Crippen LogP contribution in [0.2, 0.25) is 0 Å². The maximum Gasteiger partial charge on any atom is 0.271 e. The van der Waals surface area contributed by atoms with Gasteiger partial charge in [-0.2, -0.15) is 0 Å². The summed E-state index contributed by atoms with van der Waals surface area (Å²) >= 11 is 0. The van der Waals surface area contributed by atoms with Gasteiger partial charge in [0.2, 0.25) is 6.41 Å². The number of nitrogens with zero attached hydrogens (tertiary/aromatic N) is 1. The van der Waals surface area contributed by atoms with Crippen molar-refractivity contribution in [3.63, 3.8) is 0 Å². The van der Waals surface area contributed by atoms with Gasteiger partial charge in [-0.15, -0.1) is 0 Å². The smallest absolute Gasteiger partial charge is 0.271 e. The Bertz CT molecular complexity index is 478. The van der Waals surface area contributed by atoms with Crippen LogP contribution in [-0.4, -0.2) is 36.2 Å². The predicted molar refractivity (Wildman–Crippen MR) is 71.3 cm³/mol. The van der Waals surface area contributed by atoms with E-state index < -0.39 is 24.3 Å². The van der Waals surface area contributed by atoms with E-state index in [1.54, 1.807) is 13.8 Å². The number of hydrogen-bond donors (Lipinski definition) is 0. The van der Waals surface area contributed by atoms with Crippen molar-refractivity contribution in [1.29, 1.82) is 0 Å². The maximum absolute atomic E-state index is 13.7. The number of rotatable bonds is 6. The van der Waals surface area contributed by atoms with Crippen molar-refractivity contribution in [1.82, 2.24) is 4.90 Å². The van der Waals surface area contributed by atoms with E-state index in [9.17, 15) is 22.4 Å². The van der Waals surface area contributed by atoms with Crippen molar-refractivity contribution in [2.75, 3.05) is 6.54 Å². The molecule has 0 atom stereocenters. The van der Waals surface area contributed by atoms with Crippen LogP contribution >= 0.6 is 0 Å². The molecule has 2 aliphatic rings. The average Bonchev–Trinajstić information content (AvgIpc) is 3.17. The molecule has 0 aromatic heterocycles. The molecule has 0 aromatic rings. The average molecular weight is 305 g/mol. The van der Waals surface area contributed by atoms with E-state index in [0.717, 1.165) is 18.9 Å². The first kappa shape index (κ1) is 16.0. The molecule has 1 saturated carbocycles. The maximum atomic E-state index is 13.7. The van der Waals surface area contributed by atoms with Gasteiger partial charge in [-0.25, -0.2) is 17.6 Å². The highest BCUT2D eigenvalue weighted by atomic mass is 19.3. The fourth-order valence-electron chi connectivity index (χ4n) is 2.86. The topological polar surface area (TPSA) is 20.3 Å². The standard InChI is InChI=1S/C15H19F4NO/c1-9(2)13-10(7-20(8-21)11-3-4-11)5-15(18,19)6-12(13)14(16)17/h5,8-9,11,14H,3-4,6-7H2,1-2H3. The molecule has 0 aliphatic heterocycles. The lowest BCUT2D eigenvalue weighted by Gasteiger charge is -2.31. The minimum atomic E-state index is -3.28. The van der Waals surface area contributed by atoms with Gasteiger partial charge >= 0.3 is 0 Å². The second kappa shape index (κ2) is 5.81. The Labute approximate surface area is 121 Å². The Morgan fingerprint density at radius 2 is 2.00 bits per heavy atom. The fourth-order valence-corrected chi connectivity index (χ4v) is 2.86. The van der Waals surface area contributed by atoms with Gasteiger partial charge in [0.05, 0.1) is 0 Å². The molecule has 0 bridgehead atoms. The van der Waals surface area contributed by atoms with Crippen LogP contribution in [0.25, 0.3) is 0 Å². The molecule has 0 heterocycles. The van der Waals surface area contributed by atoms with Crippen LogP contribution in [0, 0.1) is 5.92 Å². The van der Waals surface area contributed by atoms with Crippen LogP contribution in [-0.2, 0) is 4.79 Å². The first-order chi connectivity index (χ1) is 9.75. The van der Waals surface area contributed by atoms with Gasteiger partial charge in [-0.1, -0.05) is 13.8 Å². The number of allylic oxidation sites excluding steroid dienone is 2. The molecule has 0 radical (unpaired) electrons. The van der Waals surface area contributed by atoms with Crippen LogP contribution < -0.4 is 0 Å². The molecule has 21 heavy (non-hydrogen) atoms. The second-order valence-corrected chi connectivity index (χ2v) is 6.01. The Morgan fingerprint density at radius 3 is 2.43 bits per heavy atom. The molecule has 0 aromatic carbocycles. The Hall–Kier alpha value is -1.33. The summed E-state index contributed by atoms with van der Waals surface area (Å²) in [4.78, 5) is 12.5. The first-order valence-electron chi connectivity index (χ1n) is 7.07. The molecule has 118 valence electrons. The fraction of sp³-hybridized carbons (Fsp3) is 0.667. The Morgan fingerprint density at radius 1 is 1.38 bits per heavy atom. The molecule has 0 spiro atoms. The number of halogens is 4. The van der Waals surface area contributed by atoms with Crippen molar-refractivity contribution in [3.05, 3.63) is 22.8 Å². The molecule has 0 saturated heterocycles. The molecule has 2 rings (SSSR count). The van der Waals surface area contributed by atoms with Crippen LogP contribution in [0.1, 0.15) is 33.1 Å². The Kier molecular flexibility index (Phi) is 4.44. The molecule has 0 N–H and O–H groups in total. The van der Waals surface area contributed by atoms with E-state index in [0.29, 0.717) is 6.41 Å². The molecule has 0 unspecified atom stereocenters. The van der Waals surface area contributed by atoms with Gasteiger partial charge < -0.3 is 4.90 Å². The van der Waals surface area contributed by atoms with Crippen molar-refractivity contribution >= 4 is 6.41 Å². The van der Waals surface area contributed by atoms with E-state index in [1.807, 2.05) is 0 Å². The molecule has 1 fully saturated rings. The monoisotopic (exact) mass is 305 g/mol. The third-order valence-corrected chi connectivity index (χ3v) is 3.85. The van der Waals surface area contributed by atoms with E-state index in [4.69, 9.17) is 0 Å². The largest absolute Gasteiger partial charge is 0.338 e. The van der Waals surface area contributed by atoms with Crippen molar-refractivity contribution < 1.29 is 22.4 Å². The lowest BCUT2D eigenvalue weighted by Crippen LogP contribution is -2.32.